The lowest BCUT2D eigenvalue weighted by Gasteiger charge is -2.22. The maximum Gasteiger partial charge on any atom is 0.241 e. The first-order valence-corrected chi connectivity index (χ1v) is 6.86. The molecule has 1 aromatic carbocycles. The highest BCUT2D eigenvalue weighted by Gasteiger charge is 2.19. The quantitative estimate of drug-likeness (QED) is 0.843. The molecule has 0 aliphatic carbocycles. The largest absolute Gasteiger partial charge is 0.389 e. The highest BCUT2D eigenvalue weighted by Crippen LogP contribution is 2.24. The lowest BCUT2D eigenvalue weighted by atomic mass is 10.2. The van der Waals surface area contributed by atoms with Crippen LogP contribution in [-0.4, -0.2) is 42.5 Å². The average molecular weight is 298 g/mol. The summed E-state index contributed by atoms with van der Waals surface area (Å²) in [6.45, 7) is 1.99. The maximum atomic E-state index is 11.9. The van der Waals surface area contributed by atoms with E-state index in [0.717, 1.165) is 25.2 Å². The highest BCUT2D eigenvalue weighted by atomic mass is 35.5. The number of nitrogens with zero attached hydrogens (tertiary/aromatic N) is 2. The van der Waals surface area contributed by atoms with Gasteiger partial charge in [0.05, 0.1) is 11.6 Å². The van der Waals surface area contributed by atoms with Crippen LogP contribution >= 0.6 is 23.8 Å². The van der Waals surface area contributed by atoms with Crippen LogP contribution in [0.15, 0.2) is 18.2 Å². The van der Waals surface area contributed by atoms with Crippen LogP contribution < -0.4 is 10.6 Å². The summed E-state index contributed by atoms with van der Waals surface area (Å²) in [6.07, 6.45) is 0.941. The molecule has 1 heterocycles. The minimum Gasteiger partial charge on any atom is -0.389 e. The van der Waals surface area contributed by atoms with Gasteiger partial charge in [-0.15, -0.1) is 0 Å². The summed E-state index contributed by atoms with van der Waals surface area (Å²) in [4.78, 5) is 15.9. The van der Waals surface area contributed by atoms with E-state index in [1.54, 1.807) is 11.0 Å². The Morgan fingerprint density at radius 1 is 1.42 bits per heavy atom. The van der Waals surface area contributed by atoms with Crippen molar-refractivity contribution in [2.24, 2.45) is 5.73 Å². The number of anilines is 1. The molecule has 4 nitrogen and oxygen atoms in total. The predicted molar refractivity (Wildman–Crippen MR) is 81.8 cm³/mol. The second-order valence-corrected chi connectivity index (χ2v) is 5.47. The summed E-state index contributed by atoms with van der Waals surface area (Å²) in [5.41, 5.74) is 7.17. The highest BCUT2D eigenvalue weighted by molar-refractivity contribution is 7.80. The minimum absolute atomic E-state index is 0.118. The van der Waals surface area contributed by atoms with Crippen molar-refractivity contribution in [1.82, 2.24) is 4.90 Å². The minimum atomic E-state index is 0.118. The summed E-state index contributed by atoms with van der Waals surface area (Å²) in [6, 6.07) is 5.52. The van der Waals surface area contributed by atoms with Gasteiger partial charge in [-0.3, -0.25) is 4.79 Å². The van der Waals surface area contributed by atoms with Gasteiger partial charge in [-0.25, -0.2) is 0 Å². The SMILES string of the molecule is CN1CCCN(c2ccc(C(N)=S)c(Cl)c2)CC1=O. The first-order valence-electron chi connectivity index (χ1n) is 6.07. The third-order valence-corrected chi connectivity index (χ3v) is 3.79. The summed E-state index contributed by atoms with van der Waals surface area (Å²) >= 11 is 11.1. The van der Waals surface area contributed by atoms with Crippen molar-refractivity contribution in [1.29, 1.82) is 0 Å². The van der Waals surface area contributed by atoms with Crippen molar-refractivity contribution >= 4 is 40.4 Å². The number of amides is 1. The van der Waals surface area contributed by atoms with Gasteiger partial charge in [-0.05, 0) is 24.6 Å². The Balaban J connectivity index is 2.24. The molecule has 6 heteroatoms. The molecular weight excluding hydrogens is 282 g/mol. The number of nitrogens with two attached hydrogens (primary N) is 1. The fourth-order valence-electron chi connectivity index (χ4n) is 2.11. The van der Waals surface area contributed by atoms with Crippen molar-refractivity contribution in [2.45, 2.75) is 6.42 Å². The van der Waals surface area contributed by atoms with Gasteiger partial charge in [0.25, 0.3) is 0 Å². The van der Waals surface area contributed by atoms with Crippen molar-refractivity contribution in [3.05, 3.63) is 28.8 Å². The van der Waals surface area contributed by atoms with Crippen LogP contribution in [0.1, 0.15) is 12.0 Å². The van der Waals surface area contributed by atoms with Crippen LogP contribution in [-0.2, 0) is 4.79 Å². The number of thiocarbonyl (C=S) groups is 1. The molecule has 0 radical (unpaired) electrons. The van der Waals surface area contributed by atoms with Crippen molar-refractivity contribution in [3.63, 3.8) is 0 Å². The Bertz CT molecular complexity index is 521. The number of likely N-dealkylation sites (N-methyl/N-ethyl adjacent to an activating group) is 1. The molecule has 1 fully saturated rings. The zero-order valence-electron chi connectivity index (χ0n) is 10.7. The van der Waals surface area contributed by atoms with Gasteiger partial charge in [0, 0.05) is 31.4 Å². The molecule has 19 heavy (non-hydrogen) atoms. The second-order valence-electron chi connectivity index (χ2n) is 4.62. The lowest BCUT2D eigenvalue weighted by molar-refractivity contribution is -0.127. The van der Waals surface area contributed by atoms with E-state index in [2.05, 4.69) is 0 Å². The van der Waals surface area contributed by atoms with Crippen LogP contribution in [0.25, 0.3) is 0 Å². The number of carbonyl (C=O) groups is 1. The molecule has 2 rings (SSSR count). The van der Waals surface area contributed by atoms with E-state index < -0.39 is 0 Å². The van der Waals surface area contributed by atoms with Crippen molar-refractivity contribution < 1.29 is 4.79 Å². The number of hydrogen-bond acceptors (Lipinski definition) is 3. The van der Waals surface area contributed by atoms with Gasteiger partial charge in [0.2, 0.25) is 5.91 Å². The standard InChI is InChI=1S/C13H16ClN3OS/c1-16-5-2-6-17(8-12(16)18)9-3-4-10(13(15)19)11(14)7-9/h3-4,7H,2,5-6,8H2,1H3,(H2,15,19). The zero-order chi connectivity index (χ0) is 14.0. The van der Waals surface area contributed by atoms with Crippen LogP contribution in [0.2, 0.25) is 5.02 Å². The molecule has 0 spiro atoms. The van der Waals surface area contributed by atoms with Crippen LogP contribution in [0.5, 0.6) is 0 Å². The Labute approximate surface area is 123 Å². The molecular formula is C13H16ClN3OS. The summed E-state index contributed by atoms with van der Waals surface area (Å²) in [5.74, 6) is 0.118. The molecule has 102 valence electrons. The molecule has 1 aromatic rings. The van der Waals surface area contributed by atoms with Crippen molar-refractivity contribution in [2.75, 3.05) is 31.6 Å². The van der Waals surface area contributed by atoms with E-state index in [0.29, 0.717) is 17.1 Å². The molecule has 0 unspecified atom stereocenters. The Morgan fingerprint density at radius 2 is 2.16 bits per heavy atom. The summed E-state index contributed by atoms with van der Waals surface area (Å²) in [5, 5.41) is 0.523. The Morgan fingerprint density at radius 3 is 2.79 bits per heavy atom. The molecule has 1 saturated heterocycles. The van der Waals surface area contributed by atoms with Gasteiger partial charge in [-0.2, -0.15) is 0 Å². The van der Waals surface area contributed by atoms with E-state index in [1.165, 1.54) is 0 Å². The number of hydrogen-bond donors (Lipinski definition) is 1. The average Bonchev–Trinajstić information content (AvgIpc) is 2.51. The molecule has 0 saturated carbocycles. The Hall–Kier alpha value is -1.33. The number of carbonyl (C=O) groups excluding carboxylic acids is 1. The third kappa shape index (κ3) is 3.16. The number of benzene rings is 1. The molecule has 1 aliphatic rings. The van der Waals surface area contributed by atoms with Gasteiger partial charge in [0.15, 0.2) is 0 Å². The third-order valence-electron chi connectivity index (χ3n) is 3.26. The Kier molecular flexibility index (Phi) is 4.27. The maximum absolute atomic E-state index is 11.9. The smallest absolute Gasteiger partial charge is 0.241 e. The van der Waals surface area contributed by atoms with Gasteiger partial charge >= 0.3 is 0 Å². The fourth-order valence-corrected chi connectivity index (χ4v) is 2.62. The van der Waals surface area contributed by atoms with Crippen LogP contribution in [0.3, 0.4) is 0 Å². The first kappa shape index (κ1) is 14.1. The zero-order valence-corrected chi connectivity index (χ0v) is 12.3. The van der Waals surface area contributed by atoms with Crippen LogP contribution in [0.4, 0.5) is 5.69 Å². The van der Waals surface area contributed by atoms with E-state index in [-0.39, 0.29) is 10.9 Å². The monoisotopic (exact) mass is 297 g/mol. The second kappa shape index (κ2) is 5.75. The topological polar surface area (TPSA) is 49.6 Å². The van der Waals surface area contributed by atoms with Crippen LogP contribution in [0, 0.1) is 0 Å². The lowest BCUT2D eigenvalue weighted by Crippen LogP contribution is -2.34. The van der Waals surface area contributed by atoms with E-state index in [4.69, 9.17) is 29.6 Å². The molecule has 1 aliphatic heterocycles. The number of halogens is 1. The fraction of sp³-hybridized carbons (Fsp3) is 0.385. The van der Waals surface area contributed by atoms with Crippen molar-refractivity contribution in [3.8, 4) is 0 Å². The predicted octanol–water partition coefficient (Wildman–Crippen LogP) is 1.64. The molecule has 0 atom stereocenters. The van der Waals surface area contributed by atoms with Gasteiger partial charge in [0.1, 0.15) is 4.99 Å². The van der Waals surface area contributed by atoms with Gasteiger partial charge in [-0.1, -0.05) is 23.8 Å². The first-order chi connectivity index (χ1) is 8.99. The van der Waals surface area contributed by atoms with E-state index >= 15 is 0 Å². The molecule has 1 amide bonds. The molecule has 0 aromatic heterocycles. The summed E-state index contributed by atoms with van der Waals surface area (Å²) < 4.78 is 0. The van der Waals surface area contributed by atoms with E-state index in [9.17, 15) is 4.79 Å². The normalized spacial score (nSPS) is 16.4. The molecule has 0 bridgehead atoms. The van der Waals surface area contributed by atoms with E-state index in [1.807, 2.05) is 24.1 Å². The molecule has 2 N–H and O–H groups in total. The summed E-state index contributed by atoms with van der Waals surface area (Å²) in [7, 11) is 1.83. The van der Waals surface area contributed by atoms with Gasteiger partial charge < -0.3 is 15.5 Å². The number of rotatable bonds is 2.